The second kappa shape index (κ2) is 5.87. The van der Waals surface area contributed by atoms with Crippen molar-refractivity contribution in [3.05, 3.63) is 5.28 Å². The number of hydrogen-bond acceptors (Lipinski definition) is 5. The van der Waals surface area contributed by atoms with Gasteiger partial charge in [0.2, 0.25) is 10.4 Å². The Kier molecular flexibility index (Phi) is 4.77. The summed E-state index contributed by atoms with van der Waals surface area (Å²) in [7, 11) is 0. The van der Waals surface area contributed by atoms with Gasteiger partial charge >= 0.3 is 6.09 Å². The van der Waals surface area contributed by atoms with Gasteiger partial charge in [0, 0.05) is 11.5 Å². The number of halogens is 1. The summed E-state index contributed by atoms with van der Waals surface area (Å²) in [4.78, 5) is 16.2. The molecule has 0 spiro atoms. The Labute approximate surface area is 97.2 Å². The first-order valence-corrected chi connectivity index (χ1v) is 5.77. The summed E-state index contributed by atoms with van der Waals surface area (Å²) in [5, 5.41) is 0.650. The number of cyclic esters (lactones) is 1. The van der Waals surface area contributed by atoms with E-state index in [-0.39, 0.29) is 11.4 Å². The smallest absolute Gasteiger partial charge is 0.416 e. The van der Waals surface area contributed by atoms with E-state index >= 15 is 0 Å². The van der Waals surface area contributed by atoms with Crippen LogP contribution in [0.1, 0.15) is 20.3 Å². The minimum atomic E-state index is -0.386. The molecule has 1 amide bonds. The fraction of sp³-hybridized carbons (Fsp3) is 0.625. The van der Waals surface area contributed by atoms with Crippen LogP contribution in [0.5, 0.6) is 0 Å². The van der Waals surface area contributed by atoms with Gasteiger partial charge in [0.25, 0.3) is 0 Å². The lowest BCUT2D eigenvalue weighted by atomic mass is 10.6. The fourth-order valence-corrected chi connectivity index (χ4v) is 1.70. The highest BCUT2D eigenvalue weighted by Gasteiger charge is 2.26. The van der Waals surface area contributed by atoms with E-state index in [2.05, 4.69) is 23.2 Å². The molecule has 0 aliphatic carbocycles. The van der Waals surface area contributed by atoms with Gasteiger partial charge < -0.3 is 4.74 Å². The first-order valence-electron chi connectivity index (χ1n) is 4.62. The predicted molar refractivity (Wildman–Crippen MR) is 59.6 cm³/mol. The summed E-state index contributed by atoms with van der Waals surface area (Å²) >= 11 is 6.58. The average molecular weight is 250 g/mol. The number of carbonyl (C=O) groups is 1. The fourth-order valence-electron chi connectivity index (χ4n) is 0.875. The standard InChI is InChI=1S/C5H4ClN3O2S.C3H8/c6-3-7-4(12-8-3)9-1-2-11-5(9)10;1-3-2/h1-2H2;3H2,1-2H3. The van der Waals surface area contributed by atoms with Crippen LogP contribution in [0, 0.1) is 0 Å². The molecule has 0 radical (unpaired) electrons. The van der Waals surface area contributed by atoms with Crippen LogP contribution in [0.15, 0.2) is 0 Å². The molecule has 1 aromatic heterocycles. The number of amides is 1. The molecule has 7 heteroatoms. The van der Waals surface area contributed by atoms with E-state index in [1.165, 1.54) is 11.3 Å². The Morgan fingerprint density at radius 2 is 2.27 bits per heavy atom. The van der Waals surface area contributed by atoms with Crippen LogP contribution >= 0.6 is 23.1 Å². The lowest BCUT2D eigenvalue weighted by Crippen LogP contribution is -2.22. The second-order valence-corrected chi connectivity index (χ2v) is 3.89. The van der Waals surface area contributed by atoms with Crippen molar-refractivity contribution in [1.29, 1.82) is 0 Å². The maximum absolute atomic E-state index is 11.0. The zero-order valence-corrected chi connectivity index (χ0v) is 10.1. The quantitative estimate of drug-likeness (QED) is 0.768. The highest BCUT2D eigenvalue weighted by Crippen LogP contribution is 2.22. The largest absolute Gasteiger partial charge is 0.447 e. The third-order valence-electron chi connectivity index (χ3n) is 1.38. The number of rotatable bonds is 1. The summed E-state index contributed by atoms with van der Waals surface area (Å²) in [6, 6.07) is 0. The molecule has 15 heavy (non-hydrogen) atoms. The minimum absolute atomic E-state index is 0.162. The Hall–Kier alpha value is -0.880. The summed E-state index contributed by atoms with van der Waals surface area (Å²) in [5.74, 6) is 0. The van der Waals surface area contributed by atoms with Crippen molar-refractivity contribution >= 4 is 34.4 Å². The molecule has 0 bridgehead atoms. The number of anilines is 1. The number of ether oxygens (including phenoxy) is 1. The van der Waals surface area contributed by atoms with Crippen LogP contribution in [0.3, 0.4) is 0 Å². The molecule has 5 nitrogen and oxygen atoms in total. The van der Waals surface area contributed by atoms with E-state index in [4.69, 9.17) is 16.3 Å². The van der Waals surface area contributed by atoms with Crippen molar-refractivity contribution in [2.75, 3.05) is 18.1 Å². The molecule has 0 atom stereocenters. The number of aromatic nitrogens is 2. The SMILES string of the molecule is CCC.O=C1OCCN1c1nc(Cl)ns1. The molecule has 1 aliphatic rings. The van der Waals surface area contributed by atoms with Gasteiger partial charge in [-0.2, -0.15) is 9.36 Å². The highest BCUT2D eigenvalue weighted by atomic mass is 35.5. The lowest BCUT2D eigenvalue weighted by Gasteiger charge is -2.05. The van der Waals surface area contributed by atoms with Crippen molar-refractivity contribution in [2.45, 2.75) is 20.3 Å². The third-order valence-corrected chi connectivity index (χ3v) is 2.39. The second-order valence-electron chi connectivity index (χ2n) is 2.82. The van der Waals surface area contributed by atoms with Crippen molar-refractivity contribution in [1.82, 2.24) is 9.36 Å². The van der Waals surface area contributed by atoms with Gasteiger partial charge in [0.15, 0.2) is 0 Å². The number of carbonyl (C=O) groups excluding carboxylic acids is 1. The summed E-state index contributed by atoms with van der Waals surface area (Å²) in [6.07, 6.45) is 0.864. The maximum atomic E-state index is 11.0. The lowest BCUT2D eigenvalue weighted by molar-refractivity contribution is 0.181. The van der Waals surface area contributed by atoms with Gasteiger partial charge in [0.05, 0.1) is 6.54 Å². The van der Waals surface area contributed by atoms with Gasteiger partial charge in [0.1, 0.15) is 6.61 Å². The van der Waals surface area contributed by atoms with E-state index in [0.29, 0.717) is 18.3 Å². The van der Waals surface area contributed by atoms with Crippen LogP contribution < -0.4 is 4.90 Å². The molecular formula is C8H12ClN3O2S. The van der Waals surface area contributed by atoms with Crippen LogP contribution in [0.4, 0.5) is 9.93 Å². The molecule has 0 aromatic carbocycles. The van der Waals surface area contributed by atoms with Crippen LogP contribution in [-0.2, 0) is 4.74 Å². The molecule has 1 saturated heterocycles. The molecule has 2 heterocycles. The molecule has 1 aromatic rings. The van der Waals surface area contributed by atoms with E-state index in [1.807, 2.05) is 0 Å². The Morgan fingerprint density at radius 3 is 2.67 bits per heavy atom. The van der Waals surface area contributed by atoms with Crippen molar-refractivity contribution in [3.63, 3.8) is 0 Å². The number of hydrogen-bond donors (Lipinski definition) is 0. The first-order chi connectivity index (χ1) is 7.19. The predicted octanol–water partition coefficient (Wildman–Crippen LogP) is 2.56. The molecule has 0 unspecified atom stereocenters. The molecular weight excluding hydrogens is 238 g/mol. The highest BCUT2D eigenvalue weighted by molar-refractivity contribution is 7.10. The van der Waals surface area contributed by atoms with Crippen LogP contribution in [0.2, 0.25) is 5.28 Å². The third kappa shape index (κ3) is 3.32. The van der Waals surface area contributed by atoms with Crippen molar-refractivity contribution < 1.29 is 9.53 Å². The number of nitrogens with zero attached hydrogens (tertiary/aromatic N) is 3. The van der Waals surface area contributed by atoms with Crippen molar-refractivity contribution in [3.8, 4) is 0 Å². The normalized spacial score (nSPS) is 14.6. The van der Waals surface area contributed by atoms with Crippen LogP contribution in [-0.4, -0.2) is 28.6 Å². The summed E-state index contributed by atoms with van der Waals surface area (Å²) < 4.78 is 8.45. The van der Waals surface area contributed by atoms with E-state index in [0.717, 1.165) is 11.5 Å². The molecule has 0 saturated carbocycles. The van der Waals surface area contributed by atoms with Crippen molar-refractivity contribution in [2.24, 2.45) is 0 Å². The van der Waals surface area contributed by atoms with Gasteiger partial charge in [-0.1, -0.05) is 20.3 Å². The Bertz CT molecular complexity index is 331. The van der Waals surface area contributed by atoms with E-state index < -0.39 is 0 Å². The van der Waals surface area contributed by atoms with E-state index in [1.54, 1.807) is 0 Å². The molecule has 2 rings (SSSR count). The average Bonchev–Trinajstić information content (AvgIpc) is 2.75. The van der Waals surface area contributed by atoms with Gasteiger partial charge in [-0.05, 0) is 11.6 Å². The van der Waals surface area contributed by atoms with Gasteiger partial charge in [-0.15, -0.1) is 0 Å². The Balaban J connectivity index is 0.000000337. The van der Waals surface area contributed by atoms with Crippen LogP contribution in [0.25, 0.3) is 0 Å². The first kappa shape index (κ1) is 12.2. The van der Waals surface area contributed by atoms with E-state index in [9.17, 15) is 4.79 Å². The van der Waals surface area contributed by atoms with Gasteiger partial charge in [-0.3, -0.25) is 0 Å². The minimum Gasteiger partial charge on any atom is -0.447 e. The zero-order valence-electron chi connectivity index (χ0n) is 8.57. The maximum Gasteiger partial charge on any atom is 0.416 e. The molecule has 1 fully saturated rings. The van der Waals surface area contributed by atoms with Gasteiger partial charge in [-0.25, -0.2) is 9.69 Å². The molecule has 1 aliphatic heterocycles. The summed E-state index contributed by atoms with van der Waals surface area (Å²) in [6.45, 7) is 5.17. The summed E-state index contributed by atoms with van der Waals surface area (Å²) in [5.41, 5.74) is 0. The topological polar surface area (TPSA) is 55.3 Å². The monoisotopic (exact) mass is 249 g/mol. The Morgan fingerprint density at radius 1 is 1.60 bits per heavy atom. The molecule has 84 valence electrons. The zero-order chi connectivity index (χ0) is 11.3. The molecule has 0 N–H and O–H groups in total.